The standard InChI is InChI=1S/C11H15BrN2O/c1-8-5-10(12)11(13-6-8)14(2)9-3-4-15-7-9/h5-6,9H,3-4,7H2,1-2H3. The molecule has 0 spiro atoms. The molecule has 82 valence electrons. The van der Waals surface area contributed by atoms with Gasteiger partial charge in [-0.05, 0) is 40.9 Å². The molecule has 1 atom stereocenters. The van der Waals surface area contributed by atoms with Crippen LogP contribution in [0.2, 0.25) is 0 Å². The van der Waals surface area contributed by atoms with Gasteiger partial charge in [0.2, 0.25) is 0 Å². The summed E-state index contributed by atoms with van der Waals surface area (Å²) < 4.78 is 6.43. The predicted octanol–water partition coefficient (Wildman–Crippen LogP) is 2.38. The van der Waals surface area contributed by atoms with Crippen molar-refractivity contribution in [1.82, 2.24) is 4.98 Å². The molecule has 1 aliphatic rings. The van der Waals surface area contributed by atoms with Crippen molar-refractivity contribution in [1.29, 1.82) is 0 Å². The second kappa shape index (κ2) is 4.49. The molecule has 1 unspecified atom stereocenters. The number of aromatic nitrogens is 1. The minimum atomic E-state index is 0.455. The van der Waals surface area contributed by atoms with E-state index in [9.17, 15) is 0 Å². The monoisotopic (exact) mass is 270 g/mol. The number of hydrogen-bond donors (Lipinski definition) is 0. The molecule has 2 rings (SSSR count). The van der Waals surface area contributed by atoms with Gasteiger partial charge in [0.1, 0.15) is 5.82 Å². The first-order valence-corrected chi connectivity index (χ1v) is 5.90. The Kier molecular flexibility index (Phi) is 3.26. The minimum absolute atomic E-state index is 0.455. The molecule has 1 fully saturated rings. The molecule has 1 saturated heterocycles. The second-order valence-electron chi connectivity index (χ2n) is 3.95. The SMILES string of the molecule is Cc1cnc(N(C)C2CCOC2)c(Br)c1. The lowest BCUT2D eigenvalue weighted by Gasteiger charge is -2.25. The van der Waals surface area contributed by atoms with Crippen LogP contribution in [-0.2, 0) is 4.74 Å². The smallest absolute Gasteiger partial charge is 0.142 e. The lowest BCUT2D eigenvalue weighted by atomic mass is 10.2. The molecule has 0 radical (unpaired) electrons. The average molecular weight is 271 g/mol. The Hall–Kier alpha value is -0.610. The minimum Gasteiger partial charge on any atom is -0.379 e. The lowest BCUT2D eigenvalue weighted by molar-refractivity contribution is 0.193. The van der Waals surface area contributed by atoms with E-state index in [2.05, 4.69) is 38.9 Å². The summed E-state index contributed by atoms with van der Waals surface area (Å²) in [5.41, 5.74) is 1.17. The summed E-state index contributed by atoms with van der Waals surface area (Å²) in [6.07, 6.45) is 2.98. The van der Waals surface area contributed by atoms with Crippen LogP contribution in [0.25, 0.3) is 0 Å². The van der Waals surface area contributed by atoms with Gasteiger partial charge in [-0.2, -0.15) is 0 Å². The van der Waals surface area contributed by atoms with Gasteiger partial charge in [-0.1, -0.05) is 0 Å². The summed E-state index contributed by atoms with van der Waals surface area (Å²) >= 11 is 3.55. The predicted molar refractivity (Wildman–Crippen MR) is 64.3 cm³/mol. The van der Waals surface area contributed by atoms with E-state index in [-0.39, 0.29) is 0 Å². The highest BCUT2D eigenvalue weighted by Crippen LogP contribution is 2.26. The van der Waals surface area contributed by atoms with Crippen molar-refractivity contribution in [3.63, 3.8) is 0 Å². The third kappa shape index (κ3) is 2.32. The molecular formula is C11H15BrN2O. The van der Waals surface area contributed by atoms with Crippen LogP contribution in [0.15, 0.2) is 16.7 Å². The Balaban J connectivity index is 2.20. The van der Waals surface area contributed by atoms with E-state index in [1.807, 2.05) is 13.1 Å². The molecule has 0 saturated carbocycles. The molecule has 2 heterocycles. The summed E-state index contributed by atoms with van der Waals surface area (Å²) in [5, 5.41) is 0. The average Bonchev–Trinajstić information content (AvgIpc) is 2.69. The zero-order valence-corrected chi connectivity index (χ0v) is 10.6. The van der Waals surface area contributed by atoms with Gasteiger partial charge in [-0.3, -0.25) is 0 Å². The highest BCUT2D eigenvalue weighted by molar-refractivity contribution is 9.10. The van der Waals surface area contributed by atoms with Crippen molar-refractivity contribution in [3.8, 4) is 0 Å². The van der Waals surface area contributed by atoms with E-state index in [1.54, 1.807) is 0 Å². The quantitative estimate of drug-likeness (QED) is 0.825. The van der Waals surface area contributed by atoms with Gasteiger partial charge in [-0.15, -0.1) is 0 Å². The van der Waals surface area contributed by atoms with Gasteiger partial charge in [0.05, 0.1) is 17.1 Å². The highest BCUT2D eigenvalue weighted by Gasteiger charge is 2.22. The van der Waals surface area contributed by atoms with Crippen LogP contribution in [0, 0.1) is 6.92 Å². The molecule has 1 aliphatic heterocycles. The Bertz CT molecular complexity index is 350. The zero-order valence-electron chi connectivity index (χ0n) is 9.03. The molecule has 1 aromatic heterocycles. The normalized spacial score (nSPS) is 20.6. The number of hydrogen-bond acceptors (Lipinski definition) is 3. The fraction of sp³-hybridized carbons (Fsp3) is 0.545. The number of likely N-dealkylation sites (N-methyl/N-ethyl adjacent to an activating group) is 1. The summed E-state index contributed by atoms with van der Waals surface area (Å²) in [5.74, 6) is 0.996. The van der Waals surface area contributed by atoms with Crippen molar-refractivity contribution in [2.45, 2.75) is 19.4 Å². The van der Waals surface area contributed by atoms with Crippen LogP contribution in [0.4, 0.5) is 5.82 Å². The van der Waals surface area contributed by atoms with Gasteiger partial charge in [-0.25, -0.2) is 4.98 Å². The second-order valence-corrected chi connectivity index (χ2v) is 4.80. The van der Waals surface area contributed by atoms with Crippen LogP contribution < -0.4 is 4.90 Å². The molecular weight excluding hydrogens is 256 g/mol. The molecule has 15 heavy (non-hydrogen) atoms. The lowest BCUT2D eigenvalue weighted by Crippen LogP contribution is -2.32. The van der Waals surface area contributed by atoms with Gasteiger partial charge in [0.25, 0.3) is 0 Å². The highest BCUT2D eigenvalue weighted by atomic mass is 79.9. The Morgan fingerprint density at radius 1 is 1.60 bits per heavy atom. The molecule has 0 amide bonds. The Labute approximate surface area is 98.6 Å². The number of anilines is 1. The van der Waals surface area contributed by atoms with E-state index in [1.165, 1.54) is 5.56 Å². The maximum Gasteiger partial charge on any atom is 0.142 e. The van der Waals surface area contributed by atoms with Crippen LogP contribution in [-0.4, -0.2) is 31.3 Å². The van der Waals surface area contributed by atoms with Crippen molar-refractivity contribution in [2.24, 2.45) is 0 Å². The maximum absolute atomic E-state index is 5.38. The van der Waals surface area contributed by atoms with Gasteiger partial charge < -0.3 is 9.64 Å². The van der Waals surface area contributed by atoms with E-state index >= 15 is 0 Å². The number of pyridine rings is 1. The van der Waals surface area contributed by atoms with Crippen LogP contribution in [0.1, 0.15) is 12.0 Å². The fourth-order valence-corrected chi connectivity index (χ4v) is 2.53. The van der Waals surface area contributed by atoms with Crippen LogP contribution in [0.5, 0.6) is 0 Å². The first-order valence-electron chi connectivity index (χ1n) is 5.11. The van der Waals surface area contributed by atoms with Crippen molar-refractivity contribution in [2.75, 3.05) is 25.2 Å². The zero-order chi connectivity index (χ0) is 10.8. The molecule has 0 aliphatic carbocycles. The van der Waals surface area contributed by atoms with Crippen LogP contribution >= 0.6 is 15.9 Å². The van der Waals surface area contributed by atoms with Crippen molar-refractivity contribution < 1.29 is 4.74 Å². The largest absolute Gasteiger partial charge is 0.379 e. The topological polar surface area (TPSA) is 25.4 Å². The van der Waals surface area contributed by atoms with E-state index in [4.69, 9.17) is 4.74 Å². The first kappa shape index (κ1) is 10.9. The summed E-state index contributed by atoms with van der Waals surface area (Å²) in [6, 6.07) is 2.55. The van der Waals surface area contributed by atoms with E-state index < -0.39 is 0 Å². The number of nitrogens with zero attached hydrogens (tertiary/aromatic N) is 2. The molecule has 4 heteroatoms. The third-order valence-corrected chi connectivity index (χ3v) is 3.33. The van der Waals surface area contributed by atoms with E-state index in [0.29, 0.717) is 6.04 Å². The van der Waals surface area contributed by atoms with Gasteiger partial charge in [0.15, 0.2) is 0 Å². The molecule has 0 aromatic carbocycles. The fourth-order valence-electron chi connectivity index (χ4n) is 1.79. The van der Waals surface area contributed by atoms with Crippen LogP contribution in [0.3, 0.4) is 0 Å². The van der Waals surface area contributed by atoms with Crippen molar-refractivity contribution >= 4 is 21.7 Å². The number of halogens is 1. The number of aryl methyl sites for hydroxylation is 1. The first-order chi connectivity index (χ1) is 7.18. The molecule has 3 nitrogen and oxygen atoms in total. The van der Waals surface area contributed by atoms with Gasteiger partial charge in [0, 0.05) is 19.9 Å². The van der Waals surface area contributed by atoms with Crippen molar-refractivity contribution in [3.05, 3.63) is 22.3 Å². The molecule has 0 N–H and O–H groups in total. The summed E-state index contributed by atoms with van der Waals surface area (Å²) in [6.45, 7) is 3.71. The van der Waals surface area contributed by atoms with E-state index in [0.717, 1.165) is 29.9 Å². The summed E-state index contributed by atoms with van der Waals surface area (Å²) in [7, 11) is 2.07. The Morgan fingerprint density at radius 3 is 3.00 bits per heavy atom. The third-order valence-electron chi connectivity index (χ3n) is 2.75. The maximum atomic E-state index is 5.38. The summed E-state index contributed by atoms with van der Waals surface area (Å²) in [4.78, 5) is 6.64. The van der Waals surface area contributed by atoms with Gasteiger partial charge >= 0.3 is 0 Å². The number of ether oxygens (including phenoxy) is 1. The number of rotatable bonds is 2. The molecule has 1 aromatic rings. The Morgan fingerprint density at radius 2 is 2.40 bits per heavy atom. The molecule has 0 bridgehead atoms.